The van der Waals surface area contributed by atoms with Gasteiger partial charge in [0.2, 0.25) is 0 Å². The van der Waals surface area contributed by atoms with Gasteiger partial charge in [0.25, 0.3) is 0 Å². The van der Waals surface area contributed by atoms with Crippen LogP contribution in [-0.4, -0.2) is 51.2 Å². The number of rotatable bonds is 10. The van der Waals surface area contributed by atoms with Crippen molar-refractivity contribution < 1.29 is 19.3 Å². The van der Waals surface area contributed by atoms with Crippen LogP contribution in [0.4, 0.5) is 0 Å². The zero-order valence-corrected chi connectivity index (χ0v) is 13.4. The zero-order chi connectivity index (χ0) is 15.7. The third-order valence-electron chi connectivity index (χ3n) is 3.02. The maximum absolute atomic E-state index is 9.85. The number of aliphatic hydroxyl groups excluding tert-OH is 1. The summed E-state index contributed by atoms with van der Waals surface area (Å²) in [5, 5.41) is 13.0. The molecule has 0 spiro atoms. The minimum absolute atomic E-state index is 0.230. The van der Waals surface area contributed by atoms with Crippen molar-refractivity contribution >= 4 is 0 Å². The van der Waals surface area contributed by atoms with E-state index >= 15 is 0 Å². The summed E-state index contributed by atoms with van der Waals surface area (Å²) >= 11 is 0. The highest BCUT2D eigenvalue weighted by atomic mass is 16.5. The van der Waals surface area contributed by atoms with Crippen LogP contribution in [0.2, 0.25) is 0 Å². The molecule has 0 aliphatic rings. The summed E-state index contributed by atoms with van der Waals surface area (Å²) in [5.41, 5.74) is 1.13. The third kappa shape index (κ3) is 6.80. The smallest absolute Gasteiger partial charge is 0.161 e. The standard InChI is InChI=1S/C16H27NO4/c1-12(2)17-10-14(18)11-21-15-6-5-13(7-8-19-3)9-16(15)20-4/h5-6,9,12,14,17-18H,7-8,10-11H2,1-4H3. The molecule has 0 aliphatic heterocycles. The first-order valence-electron chi connectivity index (χ1n) is 7.27. The molecule has 0 bridgehead atoms. The number of aliphatic hydroxyl groups is 1. The molecule has 0 saturated carbocycles. The van der Waals surface area contributed by atoms with Crippen LogP contribution >= 0.6 is 0 Å². The summed E-state index contributed by atoms with van der Waals surface area (Å²) in [7, 11) is 3.29. The lowest BCUT2D eigenvalue weighted by Crippen LogP contribution is -2.35. The molecule has 1 unspecified atom stereocenters. The van der Waals surface area contributed by atoms with E-state index in [2.05, 4.69) is 5.32 Å². The van der Waals surface area contributed by atoms with Crippen molar-refractivity contribution in [1.29, 1.82) is 0 Å². The van der Waals surface area contributed by atoms with Crippen molar-refractivity contribution in [2.45, 2.75) is 32.4 Å². The van der Waals surface area contributed by atoms with Crippen LogP contribution in [0.1, 0.15) is 19.4 Å². The second-order valence-corrected chi connectivity index (χ2v) is 5.26. The van der Waals surface area contributed by atoms with Gasteiger partial charge in [-0.2, -0.15) is 0 Å². The van der Waals surface area contributed by atoms with Gasteiger partial charge in [0.15, 0.2) is 11.5 Å². The van der Waals surface area contributed by atoms with E-state index in [1.807, 2.05) is 32.0 Å². The van der Waals surface area contributed by atoms with Crippen molar-refractivity contribution in [3.05, 3.63) is 23.8 Å². The Hall–Kier alpha value is -1.30. The molecule has 5 nitrogen and oxygen atoms in total. The van der Waals surface area contributed by atoms with Gasteiger partial charge in [-0.05, 0) is 24.1 Å². The number of ether oxygens (including phenoxy) is 3. The van der Waals surface area contributed by atoms with E-state index in [0.717, 1.165) is 12.0 Å². The number of methoxy groups -OCH3 is 2. The van der Waals surface area contributed by atoms with Gasteiger partial charge in [-0.15, -0.1) is 0 Å². The second kappa shape index (κ2) is 9.60. The molecule has 0 aliphatic carbocycles. The lowest BCUT2D eigenvalue weighted by molar-refractivity contribution is 0.103. The molecule has 0 aromatic heterocycles. The molecule has 1 rings (SSSR count). The van der Waals surface area contributed by atoms with Gasteiger partial charge in [-0.3, -0.25) is 0 Å². The summed E-state index contributed by atoms with van der Waals surface area (Å²) in [6, 6.07) is 6.13. The predicted octanol–water partition coefficient (Wildman–Crippen LogP) is 1.62. The van der Waals surface area contributed by atoms with Gasteiger partial charge in [0.1, 0.15) is 12.7 Å². The van der Waals surface area contributed by atoms with Crippen molar-refractivity contribution in [2.75, 3.05) is 34.0 Å². The van der Waals surface area contributed by atoms with Crippen molar-refractivity contribution in [3.8, 4) is 11.5 Å². The number of hydrogen-bond acceptors (Lipinski definition) is 5. The van der Waals surface area contributed by atoms with Crippen LogP contribution in [0.5, 0.6) is 11.5 Å². The Bertz CT molecular complexity index is 409. The average Bonchev–Trinajstić information content (AvgIpc) is 2.49. The highest BCUT2D eigenvalue weighted by molar-refractivity contribution is 5.43. The summed E-state index contributed by atoms with van der Waals surface area (Å²) in [6.07, 6.45) is 0.277. The van der Waals surface area contributed by atoms with Crippen LogP contribution in [0.25, 0.3) is 0 Å². The van der Waals surface area contributed by atoms with E-state index < -0.39 is 6.10 Å². The fraction of sp³-hybridized carbons (Fsp3) is 0.625. The van der Waals surface area contributed by atoms with Crippen LogP contribution in [0.15, 0.2) is 18.2 Å². The first-order valence-corrected chi connectivity index (χ1v) is 7.27. The lowest BCUT2D eigenvalue weighted by Gasteiger charge is -2.16. The molecule has 5 heteroatoms. The molecule has 2 N–H and O–H groups in total. The molecule has 0 amide bonds. The van der Waals surface area contributed by atoms with Crippen LogP contribution in [0, 0.1) is 0 Å². The third-order valence-corrected chi connectivity index (χ3v) is 3.02. The Morgan fingerprint density at radius 2 is 1.95 bits per heavy atom. The number of hydrogen-bond donors (Lipinski definition) is 2. The van der Waals surface area contributed by atoms with E-state index in [4.69, 9.17) is 14.2 Å². The molecular formula is C16H27NO4. The van der Waals surface area contributed by atoms with E-state index in [1.54, 1.807) is 14.2 Å². The van der Waals surface area contributed by atoms with Crippen LogP contribution in [-0.2, 0) is 11.2 Å². The molecule has 0 saturated heterocycles. The monoisotopic (exact) mass is 297 g/mol. The molecule has 0 fully saturated rings. The Balaban J connectivity index is 2.54. The molecule has 21 heavy (non-hydrogen) atoms. The highest BCUT2D eigenvalue weighted by Gasteiger charge is 2.10. The van der Waals surface area contributed by atoms with Gasteiger partial charge >= 0.3 is 0 Å². The van der Waals surface area contributed by atoms with Gasteiger partial charge in [-0.1, -0.05) is 19.9 Å². The molecule has 120 valence electrons. The van der Waals surface area contributed by atoms with E-state index in [1.165, 1.54) is 0 Å². The Kier molecular flexibility index (Phi) is 8.12. The van der Waals surface area contributed by atoms with Gasteiger partial charge in [0, 0.05) is 19.7 Å². The first-order chi connectivity index (χ1) is 10.1. The quantitative estimate of drug-likeness (QED) is 0.687. The Morgan fingerprint density at radius 1 is 1.19 bits per heavy atom. The lowest BCUT2D eigenvalue weighted by atomic mass is 10.1. The molecule has 0 heterocycles. The normalized spacial score (nSPS) is 12.5. The van der Waals surface area contributed by atoms with Crippen LogP contribution < -0.4 is 14.8 Å². The van der Waals surface area contributed by atoms with Crippen molar-refractivity contribution in [3.63, 3.8) is 0 Å². The van der Waals surface area contributed by atoms with E-state index in [0.29, 0.717) is 30.7 Å². The maximum Gasteiger partial charge on any atom is 0.161 e. The van der Waals surface area contributed by atoms with Crippen molar-refractivity contribution in [2.24, 2.45) is 0 Å². The molecule has 1 aromatic carbocycles. The van der Waals surface area contributed by atoms with Crippen molar-refractivity contribution in [1.82, 2.24) is 5.32 Å². The summed E-state index contributed by atoms with van der Waals surface area (Å²) in [5.74, 6) is 1.31. The molecule has 0 radical (unpaired) electrons. The maximum atomic E-state index is 9.85. The fourth-order valence-corrected chi connectivity index (χ4v) is 1.82. The zero-order valence-electron chi connectivity index (χ0n) is 13.4. The highest BCUT2D eigenvalue weighted by Crippen LogP contribution is 2.28. The SMILES string of the molecule is COCCc1ccc(OCC(O)CNC(C)C)c(OC)c1. The minimum atomic E-state index is -0.551. The van der Waals surface area contributed by atoms with E-state index in [-0.39, 0.29) is 6.61 Å². The largest absolute Gasteiger partial charge is 0.493 e. The van der Waals surface area contributed by atoms with Gasteiger partial charge < -0.3 is 24.6 Å². The topological polar surface area (TPSA) is 60.0 Å². The Morgan fingerprint density at radius 3 is 2.57 bits per heavy atom. The van der Waals surface area contributed by atoms with E-state index in [9.17, 15) is 5.11 Å². The average molecular weight is 297 g/mol. The first kappa shape index (κ1) is 17.8. The second-order valence-electron chi connectivity index (χ2n) is 5.26. The summed E-state index contributed by atoms with van der Waals surface area (Å²) in [6.45, 7) is 5.48. The fourth-order valence-electron chi connectivity index (χ4n) is 1.82. The van der Waals surface area contributed by atoms with Crippen LogP contribution in [0.3, 0.4) is 0 Å². The number of nitrogens with one attached hydrogen (secondary N) is 1. The molecular weight excluding hydrogens is 270 g/mol. The minimum Gasteiger partial charge on any atom is -0.493 e. The van der Waals surface area contributed by atoms with Gasteiger partial charge in [0.05, 0.1) is 13.7 Å². The van der Waals surface area contributed by atoms with Gasteiger partial charge in [-0.25, -0.2) is 0 Å². The summed E-state index contributed by atoms with van der Waals surface area (Å²) < 4.78 is 16.0. The Labute approximate surface area is 127 Å². The molecule has 1 aromatic rings. The predicted molar refractivity (Wildman–Crippen MR) is 83.2 cm³/mol. The molecule has 1 atom stereocenters. The summed E-state index contributed by atoms with van der Waals surface area (Å²) in [4.78, 5) is 0. The number of benzene rings is 1.